The molecule has 5 heteroatoms. The zero-order valence-electron chi connectivity index (χ0n) is 17.1. The van der Waals surface area contributed by atoms with E-state index < -0.39 is 0 Å². The van der Waals surface area contributed by atoms with Gasteiger partial charge in [-0.25, -0.2) is 0 Å². The van der Waals surface area contributed by atoms with Crippen LogP contribution < -0.4 is 5.32 Å². The average Bonchev–Trinajstić information content (AvgIpc) is 2.75. The number of nitrogens with zero attached hydrogens (tertiary/aromatic N) is 2. The first-order valence-electron chi connectivity index (χ1n) is 10.5. The second kappa shape index (κ2) is 8.78. The third-order valence-electron chi connectivity index (χ3n) is 5.96. The molecular formula is C24H29N3O2. The van der Waals surface area contributed by atoms with Crippen molar-refractivity contribution in [3.63, 3.8) is 0 Å². The zero-order chi connectivity index (χ0) is 20.2. The van der Waals surface area contributed by atoms with Gasteiger partial charge in [0.05, 0.1) is 0 Å². The van der Waals surface area contributed by atoms with Gasteiger partial charge in [0.1, 0.15) is 6.54 Å². The third kappa shape index (κ3) is 4.67. The Bertz CT molecular complexity index is 889. The fraction of sp³-hybridized carbons (Fsp3) is 0.417. The molecule has 2 saturated heterocycles. The van der Waals surface area contributed by atoms with Gasteiger partial charge in [0.15, 0.2) is 0 Å². The Morgan fingerprint density at radius 1 is 1.14 bits per heavy atom. The summed E-state index contributed by atoms with van der Waals surface area (Å²) >= 11 is 0. The van der Waals surface area contributed by atoms with Crippen molar-refractivity contribution in [2.24, 2.45) is 0 Å². The van der Waals surface area contributed by atoms with Gasteiger partial charge in [-0.05, 0) is 55.5 Å². The van der Waals surface area contributed by atoms with Crippen LogP contribution in [0.2, 0.25) is 0 Å². The molecule has 1 N–H and O–H groups in total. The average molecular weight is 392 g/mol. The van der Waals surface area contributed by atoms with E-state index in [4.69, 9.17) is 0 Å². The molecule has 5 nitrogen and oxygen atoms in total. The minimum atomic E-state index is -0.0424. The number of hydrogen-bond acceptors (Lipinski definition) is 3. The van der Waals surface area contributed by atoms with E-state index in [0.29, 0.717) is 31.1 Å². The number of carbonyl (C=O) groups excluding carboxylic acids is 2. The first-order chi connectivity index (χ1) is 14.1. The van der Waals surface area contributed by atoms with Crippen LogP contribution in [0.1, 0.15) is 45.8 Å². The van der Waals surface area contributed by atoms with Crippen molar-refractivity contribution >= 4 is 11.8 Å². The molecule has 2 fully saturated rings. The van der Waals surface area contributed by atoms with Crippen LogP contribution in [0.3, 0.4) is 0 Å². The molecule has 0 bridgehead atoms. The third-order valence-corrected chi connectivity index (χ3v) is 5.96. The number of aryl methyl sites for hydroxylation is 1. The lowest BCUT2D eigenvalue weighted by Gasteiger charge is -2.34. The number of hydrogen-bond donors (Lipinski definition) is 1. The molecule has 152 valence electrons. The summed E-state index contributed by atoms with van der Waals surface area (Å²) < 4.78 is 0. The lowest BCUT2D eigenvalue weighted by atomic mass is 9.90. The summed E-state index contributed by atoms with van der Waals surface area (Å²) in [4.78, 5) is 29.2. The highest BCUT2D eigenvalue weighted by Gasteiger charge is 2.28. The van der Waals surface area contributed by atoms with Crippen LogP contribution in [0.15, 0.2) is 48.5 Å². The molecule has 0 aromatic heterocycles. The largest absolute Gasteiger partial charge is 0.335 e. The molecular weight excluding hydrogens is 362 g/mol. The maximum Gasteiger partial charge on any atom is 0.254 e. The van der Waals surface area contributed by atoms with Crippen LogP contribution in [0.25, 0.3) is 0 Å². The van der Waals surface area contributed by atoms with E-state index >= 15 is 0 Å². The molecule has 2 aliphatic heterocycles. The van der Waals surface area contributed by atoms with Gasteiger partial charge in [-0.1, -0.05) is 42.0 Å². The fourth-order valence-corrected chi connectivity index (χ4v) is 4.32. The van der Waals surface area contributed by atoms with Crippen molar-refractivity contribution < 1.29 is 9.59 Å². The number of piperidine rings is 1. The Morgan fingerprint density at radius 2 is 2.00 bits per heavy atom. The second-order valence-electron chi connectivity index (χ2n) is 8.20. The van der Waals surface area contributed by atoms with Gasteiger partial charge in [-0.15, -0.1) is 0 Å². The Labute approximate surface area is 172 Å². The number of piperazine rings is 1. The second-order valence-corrected chi connectivity index (χ2v) is 8.20. The molecule has 2 aliphatic rings. The van der Waals surface area contributed by atoms with Crippen molar-refractivity contribution in [1.29, 1.82) is 0 Å². The Balaban J connectivity index is 1.40. The molecule has 29 heavy (non-hydrogen) atoms. The zero-order valence-corrected chi connectivity index (χ0v) is 17.1. The topological polar surface area (TPSA) is 52.6 Å². The molecule has 2 aromatic rings. The predicted molar refractivity (Wildman–Crippen MR) is 114 cm³/mol. The SMILES string of the molecule is Cc1cccc(CN2CCN(C(=O)c3cccc([C@H]4CCCNC4)c3)CC2=O)c1. The monoisotopic (exact) mass is 391 g/mol. The lowest BCUT2D eigenvalue weighted by molar-refractivity contribution is -0.135. The van der Waals surface area contributed by atoms with E-state index in [-0.39, 0.29) is 18.4 Å². The van der Waals surface area contributed by atoms with Gasteiger partial charge in [0.25, 0.3) is 5.91 Å². The van der Waals surface area contributed by atoms with Crippen molar-refractivity contribution in [2.75, 3.05) is 32.7 Å². The van der Waals surface area contributed by atoms with E-state index in [1.165, 1.54) is 17.5 Å². The number of carbonyl (C=O) groups is 2. The van der Waals surface area contributed by atoms with Crippen LogP contribution in [0.5, 0.6) is 0 Å². The number of benzene rings is 2. The normalized spacial score (nSPS) is 20.0. The fourth-order valence-electron chi connectivity index (χ4n) is 4.32. The van der Waals surface area contributed by atoms with E-state index in [1.54, 1.807) is 4.90 Å². The van der Waals surface area contributed by atoms with E-state index in [2.05, 4.69) is 30.4 Å². The smallest absolute Gasteiger partial charge is 0.254 e. The van der Waals surface area contributed by atoms with Gasteiger partial charge in [-0.3, -0.25) is 9.59 Å². The molecule has 0 spiro atoms. The number of amides is 2. The van der Waals surface area contributed by atoms with E-state index in [1.807, 2.05) is 35.2 Å². The highest BCUT2D eigenvalue weighted by Crippen LogP contribution is 2.24. The summed E-state index contributed by atoms with van der Waals surface area (Å²) in [5.74, 6) is 0.433. The first kappa shape index (κ1) is 19.6. The van der Waals surface area contributed by atoms with Crippen molar-refractivity contribution in [3.8, 4) is 0 Å². The van der Waals surface area contributed by atoms with Crippen molar-refractivity contribution in [2.45, 2.75) is 32.2 Å². The van der Waals surface area contributed by atoms with Crippen LogP contribution in [-0.4, -0.2) is 54.3 Å². The highest BCUT2D eigenvalue weighted by molar-refractivity contribution is 5.97. The molecule has 1 atom stereocenters. The molecule has 4 rings (SSSR count). The number of rotatable bonds is 4. The number of nitrogens with one attached hydrogen (secondary N) is 1. The van der Waals surface area contributed by atoms with Gasteiger partial charge in [-0.2, -0.15) is 0 Å². The maximum atomic E-state index is 13.0. The summed E-state index contributed by atoms with van der Waals surface area (Å²) in [6.07, 6.45) is 2.32. The van der Waals surface area contributed by atoms with Crippen LogP contribution >= 0.6 is 0 Å². The molecule has 2 heterocycles. The van der Waals surface area contributed by atoms with E-state index in [0.717, 1.165) is 25.1 Å². The summed E-state index contributed by atoms with van der Waals surface area (Å²) in [6, 6.07) is 16.2. The first-order valence-corrected chi connectivity index (χ1v) is 10.5. The molecule has 0 saturated carbocycles. The van der Waals surface area contributed by atoms with E-state index in [9.17, 15) is 9.59 Å². The predicted octanol–water partition coefficient (Wildman–Crippen LogP) is 2.95. The summed E-state index contributed by atoms with van der Waals surface area (Å²) in [5, 5.41) is 3.43. The molecule has 0 unspecified atom stereocenters. The van der Waals surface area contributed by atoms with Gasteiger partial charge in [0, 0.05) is 31.7 Å². The lowest BCUT2D eigenvalue weighted by Crippen LogP contribution is -2.51. The molecule has 2 aromatic carbocycles. The van der Waals surface area contributed by atoms with Crippen LogP contribution in [0.4, 0.5) is 0 Å². The van der Waals surface area contributed by atoms with Gasteiger partial charge < -0.3 is 15.1 Å². The molecule has 0 aliphatic carbocycles. The Hall–Kier alpha value is -2.66. The minimum absolute atomic E-state index is 0.0127. The summed E-state index contributed by atoms with van der Waals surface area (Å²) in [7, 11) is 0. The Morgan fingerprint density at radius 3 is 2.76 bits per heavy atom. The summed E-state index contributed by atoms with van der Waals surface area (Å²) in [6.45, 7) is 6.00. The van der Waals surface area contributed by atoms with Gasteiger partial charge in [0.2, 0.25) is 5.91 Å². The highest BCUT2D eigenvalue weighted by atomic mass is 16.2. The molecule has 2 amide bonds. The standard InChI is InChI=1S/C24H29N3O2/c1-18-5-2-6-19(13-18)16-26-11-12-27(17-23(26)28)24(29)21-8-3-7-20(14-21)22-9-4-10-25-15-22/h2-3,5-8,13-14,22,25H,4,9-12,15-17H2,1H3/t22-/m0/s1. The van der Waals surface area contributed by atoms with Crippen molar-refractivity contribution in [1.82, 2.24) is 15.1 Å². The maximum absolute atomic E-state index is 13.0. The van der Waals surface area contributed by atoms with Gasteiger partial charge >= 0.3 is 0 Å². The quantitative estimate of drug-likeness (QED) is 0.872. The van der Waals surface area contributed by atoms with Crippen LogP contribution in [0, 0.1) is 6.92 Å². The minimum Gasteiger partial charge on any atom is -0.335 e. The molecule has 0 radical (unpaired) electrons. The summed E-state index contributed by atoms with van der Waals surface area (Å²) in [5.41, 5.74) is 4.23. The Kier molecular flexibility index (Phi) is 5.95. The van der Waals surface area contributed by atoms with Crippen LogP contribution in [-0.2, 0) is 11.3 Å². The van der Waals surface area contributed by atoms with Crippen molar-refractivity contribution in [3.05, 3.63) is 70.8 Å².